The van der Waals surface area contributed by atoms with Crippen molar-refractivity contribution < 1.29 is 23.5 Å². The Bertz CT molecular complexity index is 808. The summed E-state index contributed by atoms with van der Waals surface area (Å²) in [6.45, 7) is 5.32. The van der Waals surface area contributed by atoms with Crippen LogP contribution in [0.25, 0.3) is 0 Å². The molecule has 0 fully saturated rings. The van der Waals surface area contributed by atoms with Gasteiger partial charge >= 0.3 is 5.97 Å². The van der Waals surface area contributed by atoms with Crippen molar-refractivity contribution in [1.29, 1.82) is 0 Å². The molecule has 1 amide bonds. The zero-order valence-corrected chi connectivity index (χ0v) is 14.8. The predicted molar refractivity (Wildman–Crippen MR) is 97.1 cm³/mol. The van der Waals surface area contributed by atoms with Crippen LogP contribution in [0.1, 0.15) is 17.3 Å². The molecular formula is C19H17ClFNO4. The van der Waals surface area contributed by atoms with E-state index in [0.717, 1.165) is 12.1 Å². The summed E-state index contributed by atoms with van der Waals surface area (Å²) in [4.78, 5) is 24.2. The molecule has 5 nitrogen and oxygen atoms in total. The molecule has 1 unspecified atom stereocenters. The Hall–Kier alpha value is -2.86. The summed E-state index contributed by atoms with van der Waals surface area (Å²) in [6, 6.07) is 9.85. The van der Waals surface area contributed by atoms with Crippen LogP contribution in [0, 0.1) is 5.82 Å². The highest BCUT2D eigenvalue weighted by Gasteiger charge is 2.20. The Balaban J connectivity index is 1.95. The highest BCUT2D eigenvalue weighted by Crippen LogP contribution is 2.22. The number of carbonyl (C=O) groups is 2. The lowest BCUT2D eigenvalue weighted by molar-refractivity contribution is -0.123. The molecule has 136 valence electrons. The van der Waals surface area contributed by atoms with Crippen LogP contribution in [-0.4, -0.2) is 24.6 Å². The fraction of sp³-hybridized carbons (Fsp3) is 0.158. The molecule has 0 aliphatic heterocycles. The molecule has 0 spiro atoms. The fourth-order valence-corrected chi connectivity index (χ4v) is 2.16. The molecule has 0 bridgehead atoms. The first-order valence-electron chi connectivity index (χ1n) is 7.71. The van der Waals surface area contributed by atoms with Gasteiger partial charge in [0.1, 0.15) is 18.2 Å². The molecule has 0 radical (unpaired) electrons. The van der Waals surface area contributed by atoms with Crippen LogP contribution in [0.15, 0.2) is 55.1 Å². The minimum Gasteiger partial charge on any atom is -0.490 e. The Kier molecular flexibility index (Phi) is 6.74. The largest absolute Gasteiger partial charge is 0.490 e. The Morgan fingerprint density at radius 2 is 1.96 bits per heavy atom. The van der Waals surface area contributed by atoms with E-state index in [9.17, 15) is 14.0 Å². The van der Waals surface area contributed by atoms with E-state index in [1.165, 1.54) is 25.1 Å². The van der Waals surface area contributed by atoms with Crippen molar-refractivity contribution in [2.24, 2.45) is 0 Å². The monoisotopic (exact) mass is 377 g/mol. The molecule has 7 heteroatoms. The lowest BCUT2D eigenvalue weighted by Gasteiger charge is -2.14. The lowest BCUT2D eigenvalue weighted by atomic mass is 10.2. The van der Waals surface area contributed by atoms with Gasteiger partial charge in [0.25, 0.3) is 5.91 Å². The smallest absolute Gasteiger partial charge is 0.338 e. The van der Waals surface area contributed by atoms with Gasteiger partial charge in [0, 0.05) is 0 Å². The highest BCUT2D eigenvalue weighted by atomic mass is 35.5. The van der Waals surface area contributed by atoms with Crippen LogP contribution in [0.3, 0.4) is 0 Å². The molecule has 1 N–H and O–H groups in total. The quantitative estimate of drug-likeness (QED) is 0.579. The predicted octanol–water partition coefficient (Wildman–Crippen LogP) is 4.23. The second-order valence-electron chi connectivity index (χ2n) is 5.29. The van der Waals surface area contributed by atoms with Gasteiger partial charge in [-0.25, -0.2) is 9.18 Å². The number of rotatable bonds is 7. The van der Waals surface area contributed by atoms with E-state index in [1.54, 1.807) is 18.2 Å². The third-order valence-electron chi connectivity index (χ3n) is 3.30. The number of benzene rings is 2. The van der Waals surface area contributed by atoms with Crippen molar-refractivity contribution in [3.63, 3.8) is 0 Å². The number of hydrogen-bond acceptors (Lipinski definition) is 4. The SMILES string of the molecule is C=CCOc1ccc(C(=O)OC(C)C(=O)Nc2ccc(F)cc2Cl)cc1. The molecule has 2 aromatic rings. The van der Waals surface area contributed by atoms with Crippen molar-refractivity contribution in [1.82, 2.24) is 0 Å². The zero-order chi connectivity index (χ0) is 19.1. The summed E-state index contributed by atoms with van der Waals surface area (Å²) in [6.07, 6.45) is 0.538. The summed E-state index contributed by atoms with van der Waals surface area (Å²) < 4.78 is 23.5. The fourth-order valence-electron chi connectivity index (χ4n) is 1.95. The molecule has 0 aromatic heterocycles. The molecule has 2 rings (SSSR count). The third-order valence-corrected chi connectivity index (χ3v) is 3.61. The topological polar surface area (TPSA) is 64.6 Å². The first-order chi connectivity index (χ1) is 12.4. The number of nitrogens with one attached hydrogen (secondary N) is 1. The van der Waals surface area contributed by atoms with Crippen LogP contribution in [0.5, 0.6) is 5.75 Å². The van der Waals surface area contributed by atoms with E-state index >= 15 is 0 Å². The minimum atomic E-state index is -1.07. The number of anilines is 1. The van der Waals surface area contributed by atoms with Gasteiger partial charge in [-0.05, 0) is 49.4 Å². The first kappa shape index (κ1) is 19.5. The highest BCUT2D eigenvalue weighted by molar-refractivity contribution is 6.33. The molecule has 26 heavy (non-hydrogen) atoms. The molecular weight excluding hydrogens is 361 g/mol. The van der Waals surface area contributed by atoms with E-state index in [1.807, 2.05) is 0 Å². The van der Waals surface area contributed by atoms with Crippen molar-refractivity contribution in [3.05, 3.63) is 71.5 Å². The number of ether oxygens (including phenoxy) is 2. The zero-order valence-electron chi connectivity index (χ0n) is 14.0. The maximum atomic E-state index is 13.0. The van der Waals surface area contributed by atoms with Gasteiger partial charge in [0.2, 0.25) is 0 Å². The Morgan fingerprint density at radius 3 is 2.58 bits per heavy atom. The van der Waals surface area contributed by atoms with Gasteiger partial charge < -0.3 is 14.8 Å². The lowest BCUT2D eigenvalue weighted by Crippen LogP contribution is -2.30. The van der Waals surface area contributed by atoms with Crippen LogP contribution < -0.4 is 10.1 Å². The second-order valence-corrected chi connectivity index (χ2v) is 5.69. The van der Waals surface area contributed by atoms with E-state index in [4.69, 9.17) is 21.1 Å². The van der Waals surface area contributed by atoms with Crippen molar-refractivity contribution in [3.8, 4) is 5.75 Å². The van der Waals surface area contributed by atoms with Gasteiger partial charge in [-0.2, -0.15) is 0 Å². The molecule has 0 saturated carbocycles. The summed E-state index contributed by atoms with van der Waals surface area (Å²) in [5, 5.41) is 2.53. The minimum absolute atomic E-state index is 0.0481. The van der Waals surface area contributed by atoms with Crippen LogP contribution in [-0.2, 0) is 9.53 Å². The van der Waals surface area contributed by atoms with Crippen LogP contribution in [0.4, 0.5) is 10.1 Å². The van der Waals surface area contributed by atoms with Crippen molar-refractivity contribution in [2.75, 3.05) is 11.9 Å². The summed E-state index contributed by atoms with van der Waals surface area (Å²) >= 11 is 5.85. The van der Waals surface area contributed by atoms with Gasteiger partial charge in [0.15, 0.2) is 6.10 Å². The van der Waals surface area contributed by atoms with Gasteiger partial charge in [-0.15, -0.1) is 0 Å². The molecule has 0 heterocycles. The van der Waals surface area contributed by atoms with Gasteiger partial charge in [-0.1, -0.05) is 24.3 Å². The summed E-state index contributed by atoms with van der Waals surface area (Å²) in [7, 11) is 0. The Morgan fingerprint density at radius 1 is 1.27 bits per heavy atom. The normalized spacial score (nSPS) is 11.3. The van der Waals surface area contributed by atoms with E-state index in [2.05, 4.69) is 11.9 Å². The maximum absolute atomic E-state index is 13.0. The number of halogens is 2. The molecule has 0 aliphatic carbocycles. The molecule has 0 saturated heterocycles. The summed E-state index contributed by atoms with van der Waals surface area (Å²) in [5.41, 5.74) is 0.500. The van der Waals surface area contributed by atoms with E-state index < -0.39 is 23.8 Å². The Labute approximate surface area is 155 Å². The van der Waals surface area contributed by atoms with Crippen molar-refractivity contribution >= 4 is 29.2 Å². The van der Waals surface area contributed by atoms with Crippen molar-refractivity contribution in [2.45, 2.75) is 13.0 Å². The maximum Gasteiger partial charge on any atom is 0.338 e. The molecule has 2 aromatic carbocycles. The van der Waals surface area contributed by atoms with E-state index in [0.29, 0.717) is 12.4 Å². The first-order valence-corrected chi connectivity index (χ1v) is 8.09. The van der Waals surface area contributed by atoms with E-state index in [-0.39, 0.29) is 16.3 Å². The number of hydrogen-bond donors (Lipinski definition) is 1. The molecule has 0 aliphatic rings. The average Bonchev–Trinajstić information content (AvgIpc) is 2.62. The van der Waals surface area contributed by atoms with Crippen LogP contribution in [0.2, 0.25) is 5.02 Å². The average molecular weight is 378 g/mol. The molecule has 1 atom stereocenters. The van der Waals surface area contributed by atoms with Gasteiger partial charge in [-0.3, -0.25) is 4.79 Å². The number of amides is 1. The number of esters is 1. The van der Waals surface area contributed by atoms with Gasteiger partial charge in [0.05, 0.1) is 16.3 Å². The third kappa shape index (κ3) is 5.32. The standard InChI is InChI=1S/C19H17ClFNO4/c1-3-10-25-15-7-4-13(5-8-15)19(24)26-12(2)18(23)22-17-9-6-14(21)11-16(17)20/h3-9,11-12H,1,10H2,2H3,(H,22,23). The second kappa shape index (κ2) is 9.01. The summed E-state index contributed by atoms with van der Waals surface area (Å²) in [5.74, 6) is -1.18. The number of carbonyl (C=O) groups excluding carboxylic acids is 2. The van der Waals surface area contributed by atoms with Crippen LogP contribution >= 0.6 is 11.6 Å².